The SMILES string of the molecule is CCc1cc(OC)c2nc(C)nc(N3CCc4c(cc(Cn5ccnc5)cc4-c4cn(C)nc4C(F)(F)F)C3=O)c2c1. The van der Waals surface area contributed by atoms with E-state index >= 15 is 0 Å². The molecule has 0 radical (unpaired) electrons. The fourth-order valence-corrected chi connectivity index (χ4v) is 5.60. The molecule has 1 aliphatic heterocycles. The predicted octanol–water partition coefficient (Wildman–Crippen LogP) is 5.38. The Bertz CT molecular complexity index is 1830. The van der Waals surface area contributed by atoms with Crippen LogP contribution in [0.3, 0.4) is 0 Å². The van der Waals surface area contributed by atoms with Gasteiger partial charge in [-0.3, -0.25) is 14.4 Å². The number of rotatable bonds is 6. The third-order valence-corrected chi connectivity index (χ3v) is 7.48. The maximum Gasteiger partial charge on any atom is 0.435 e. The first-order valence-corrected chi connectivity index (χ1v) is 13.5. The van der Waals surface area contributed by atoms with Gasteiger partial charge in [-0.05, 0) is 66.3 Å². The number of ether oxygens (including phenoxy) is 1. The van der Waals surface area contributed by atoms with Crippen molar-refractivity contribution in [3.05, 3.63) is 83.0 Å². The number of aryl methyl sites for hydroxylation is 3. The van der Waals surface area contributed by atoms with E-state index in [0.717, 1.165) is 16.7 Å². The molecule has 0 saturated heterocycles. The van der Waals surface area contributed by atoms with Gasteiger partial charge >= 0.3 is 6.18 Å². The van der Waals surface area contributed by atoms with Gasteiger partial charge in [0.2, 0.25) is 0 Å². The molecule has 0 fully saturated rings. The largest absolute Gasteiger partial charge is 0.494 e. The molecule has 9 nitrogen and oxygen atoms in total. The van der Waals surface area contributed by atoms with Crippen LogP contribution in [0.1, 0.15) is 45.5 Å². The van der Waals surface area contributed by atoms with Gasteiger partial charge in [-0.1, -0.05) is 6.92 Å². The number of hydrogen-bond donors (Lipinski definition) is 0. The van der Waals surface area contributed by atoms with Gasteiger partial charge in [0.1, 0.15) is 22.9 Å². The van der Waals surface area contributed by atoms with E-state index in [2.05, 4.69) is 20.1 Å². The van der Waals surface area contributed by atoms with E-state index in [1.54, 1.807) is 54.4 Å². The Kier molecular flexibility index (Phi) is 6.71. The minimum absolute atomic E-state index is 0.0596. The summed E-state index contributed by atoms with van der Waals surface area (Å²) in [5.74, 6) is 1.16. The average Bonchev–Trinajstić information content (AvgIpc) is 3.61. The molecule has 1 amide bonds. The summed E-state index contributed by atoms with van der Waals surface area (Å²) in [6.07, 6.45) is 2.75. The minimum atomic E-state index is -4.66. The molecule has 5 aromatic rings. The summed E-state index contributed by atoms with van der Waals surface area (Å²) in [4.78, 5) is 29.2. The van der Waals surface area contributed by atoms with E-state index in [1.165, 1.54) is 13.2 Å². The summed E-state index contributed by atoms with van der Waals surface area (Å²) in [5, 5.41) is 4.40. The lowest BCUT2D eigenvalue weighted by molar-refractivity contribution is -0.140. The third kappa shape index (κ3) is 4.76. The fourth-order valence-electron chi connectivity index (χ4n) is 5.60. The zero-order chi connectivity index (χ0) is 29.8. The lowest BCUT2D eigenvalue weighted by Crippen LogP contribution is -2.39. The second-order valence-corrected chi connectivity index (χ2v) is 10.3. The molecule has 4 heterocycles. The number of carbonyl (C=O) groups excluding carboxylic acids is 1. The Morgan fingerprint density at radius 3 is 2.52 bits per heavy atom. The molecule has 0 bridgehead atoms. The maximum absolute atomic E-state index is 14.3. The van der Waals surface area contributed by atoms with Crippen LogP contribution in [0.15, 0.2) is 49.2 Å². The van der Waals surface area contributed by atoms with Gasteiger partial charge in [0.15, 0.2) is 5.69 Å². The highest BCUT2D eigenvalue weighted by atomic mass is 19.4. The van der Waals surface area contributed by atoms with Crippen LogP contribution in [0.4, 0.5) is 19.0 Å². The molecule has 1 aliphatic rings. The van der Waals surface area contributed by atoms with E-state index in [1.807, 2.05) is 19.1 Å². The molecule has 0 spiro atoms. The predicted molar refractivity (Wildman–Crippen MR) is 151 cm³/mol. The van der Waals surface area contributed by atoms with Crippen LogP contribution in [-0.4, -0.2) is 48.9 Å². The van der Waals surface area contributed by atoms with E-state index in [-0.39, 0.29) is 18.0 Å². The summed E-state index contributed by atoms with van der Waals surface area (Å²) >= 11 is 0. The molecular formula is C30H28F3N7O2. The average molecular weight is 576 g/mol. The third-order valence-electron chi connectivity index (χ3n) is 7.48. The van der Waals surface area contributed by atoms with Gasteiger partial charge < -0.3 is 9.30 Å². The standard InChI is InChI=1S/C30H28F3N7O2/c1-5-18-10-23-26(25(13-18)42-4)35-17(2)36-28(23)40-8-6-20-21(24-15-38(3)37-27(24)30(31,32)33)11-19(12-22(20)29(40)41)14-39-9-7-34-16-39/h7,9-13,15-16H,5-6,8,14H2,1-4H3. The smallest absolute Gasteiger partial charge is 0.435 e. The van der Waals surface area contributed by atoms with Crippen LogP contribution >= 0.6 is 0 Å². The highest BCUT2D eigenvalue weighted by molar-refractivity contribution is 6.12. The Balaban J connectivity index is 1.54. The van der Waals surface area contributed by atoms with E-state index < -0.39 is 11.9 Å². The van der Waals surface area contributed by atoms with E-state index in [9.17, 15) is 18.0 Å². The number of hydrogen-bond acceptors (Lipinski definition) is 6. The summed E-state index contributed by atoms with van der Waals surface area (Å²) in [6.45, 7) is 4.32. The first kappa shape index (κ1) is 27.4. The second kappa shape index (κ2) is 10.3. The van der Waals surface area contributed by atoms with Gasteiger partial charge in [0, 0.05) is 55.2 Å². The number of methoxy groups -OCH3 is 1. The van der Waals surface area contributed by atoms with Crippen molar-refractivity contribution < 1.29 is 22.7 Å². The Labute approximate surface area is 239 Å². The lowest BCUT2D eigenvalue weighted by atomic mass is 9.88. The number of carbonyl (C=O) groups is 1. The van der Waals surface area contributed by atoms with Crippen molar-refractivity contribution >= 4 is 22.6 Å². The maximum atomic E-state index is 14.3. The van der Waals surface area contributed by atoms with Crippen molar-refractivity contribution in [1.29, 1.82) is 0 Å². The zero-order valence-electron chi connectivity index (χ0n) is 23.5. The molecule has 0 atom stereocenters. The van der Waals surface area contributed by atoms with Crippen molar-refractivity contribution in [2.75, 3.05) is 18.6 Å². The molecule has 216 valence electrons. The van der Waals surface area contributed by atoms with E-state index in [0.29, 0.717) is 63.5 Å². The number of alkyl halides is 3. The zero-order valence-corrected chi connectivity index (χ0v) is 23.5. The van der Waals surface area contributed by atoms with Gasteiger partial charge in [-0.2, -0.15) is 18.3 Å². The number of imidazole rings is 1. The van der Waals surface area contributed by atoms with Crippen LogP contribution in [-0.2, 0) is 32.6 Å². The van der Waals surface area contributed by atoms with Gasteiger partial charge in [0.25, 0.3) is 5.91 Å². The van der Waals surface area contributed by atoms with Crippen LogP contribution < -0.4 is 9.64 Å². The molecular weight excluding hydrogens is 547 g/mol. The molecule has 2 aromatic carbocycles. The number of aromatic nitrogens is 6. The summed E-state index contributed by atoms with van der Waals surface area (Å²) in [5.41, 5.74) is 2.42. The molecule has 6 rings (SSSR count). The Hall–Kier alpha value is -4.74. The molecule has 0 saturated carbocycles. The number of benzene rings is 2. The van der Waals surface area contributed by atoms with Gasteiger partial charge in [-0.15, -0.1) is 0 Å². The fraction of sp³-hybridized carbons (Fsp3) is 0.300. The Morgan fingerprint density at radius 1 is 1.05 bits per heavy atom. The number of halogens is 3. The van der Waals surface area contributed by atoms with Gasteiger partial charge in [0.05, 0.1) is 13.4 Å². The molecule has 0 unspecified atom stereocenters. The van der Waals surface area contributed by atoms with E-state index in [4.69, 9.17) is 4.74 Å². The summed E-state index contributed by atoms with van der Waals surface area (Å²) in [7, 11) is 3.03. The quantitative estimate of drug-likeness (QED) is 0.270. The van der Waals surface area contributed by atoms with Crippen molar-refractivity contribution in [1.82, 2.24) is 29.3 Å². The van der Waals surface area contributed by atoms with Crippen LogP contribution in [0.5, 0.6) is 5.75 Å². The monoisotopic (exact) mass is 575 g/mol. The van der Waals surface area contributed by atoms with Gasteiger partial charge in [-0.25, -0.2) is 15.0 Å². The lowest BCUT2D eigenvalue weighted by Gasteiger charge is -2.31. The highest BCUT2D eigenvalue weighted by Gasteiger charge is 2.39. The summed E-state index contributed by atoms with van der Waals surface area (Å²) in [6, 6.07) is 7.36. The molecule has 12 heteroatoms. The number of fused-ring (bicyclic) bond motifs is 2. The van der Waals surface area contributed by atoms with Crippen molar-refractivity contribution in [2.24, 2.45) is 7.05 Å². The second-order valence-electron chi connectivity index (χ2n) is 10.3. The topological polar surface area (TPSA) is 91.0 Å². The summed E-state index contributed by atoms with van der Waals surface area (Å²) < 4.78 is 50.8. The van der Waals surface area contributed by atoms with Crippen LogP contribution in [0.2, 0.25) is 0 Å². The molecule has 42 heavy (non-hydrogen) atoms. The number of amides is 1. The Morgan fingerprint density at radius 2 is 1.83 bits per heavy atom. The first-order chi connectivity index (χ1) is 20.1. The first-order valence-electron chi connectivity index (χ1n) is 13.5. The van der Waals surface area contributed by atoms with Crippen molar-refractivity contribution in [2.45, 2.75) is 39.4 Å². The molecule has 3 aromatic heterocycles. The number of nitrogens with zero attached hydrogens (tertiary/aromatic N) is 7. The molecule has 0 aliphatic carbocycles. The normalized spacial score (nSPS) is 13.6. The molecule has 0 N–H and O–H groups in total. The number of anilines is 1. The van der Waals surface area contributed by atoms with Crippen LogP contribution in [0, 0.1) is 6.92 Å². The van der Waals surface area contributed by atoms with Crippen LogP contribution in [0.25, 0.3) is 22.0 Å². The highest BCUT2D eigenvalue weighted by Crippen LogP contribution is 2.41. The van der Waals surface area contributed by atoms with Crippen molar-refractivity contribution in [3.63, 3.8) is 0 Å². The van der Waals surface area contributed by atoms with Crippen molar-refractivity contribution in [3.8, 4) is 16.9 Å². The minimum Gasteiger partial charge on any atom is -0.494 e.